The Morgan fingerprint density at radius 3 is 2.60 bits per heavy atom. The predicted molar refractivity (Wildman–Crippen MR) is 95.6 cm³/mol. The molecule has 25 heavy (non-hydrogen) atoms. The molecule has 3 aromatic rings. The van der Waals surface area contributed by atoms with Gasteiger partial charge in [-0.1, -0.05) is 30.3 Å². The van der Waals surface area contributed by atoms with E-state index in [0.29, 0.717) is 16.3 Å². The lowest BCUT2D eigenvalue weighted by molar-refractivity contribution is -0.118. The number of ketones is 1. The van der Waals surface area contributed by atoms with E-state index >= 15 is 0 Å². The normalized spacial score (nSPS) is 12.9. The number of ether oxygens (including phenoxy) is 1. The van der Waals surface area contributed by atoms with Gasteiger partial charge >= 0.3 is 0 Å². The minimum Gasteiger partial charge on any atom is -0.497 e. The summed E-state index contributed by atoms with van der Waals surface area (Å²) < 4.78 is 38.9. The Morgan fingerprint density at radius 2 is 1.96 bits per heavy atom. The van der Waals surface area contributed by atoms with E-state index in [9.17, 15) is 17.8 Å². The number of hydrogen-bond acceptors (Lipinski definition) is 6. The van der Waals surface area contributed by atoms with Crippen LogP contribution in [-0.4, -0.2) is 30.8 Å². The second kappa shape index (κ2) is 6.91. The van der Waals surface area contributed by atoms with Crippen molar-refractivity contribution < 1.29 is 22.5 Å². The van der Waals surface area contributed by atoms with Gasteiger partial charge in [0.2, 0.25) is 0 Å². The monoisotopic (exact) mass is 377 g/mol. The van der Waals surface area contributed by atoms with E-state index in [1.165, 1.54) is 23.5 Å². The molecule has 0 radical (unpaired) electrons. The van der Waals surface area contributed by atoms with E-state index < -0.39 is 21.2 Å². The van der Waals surface area contributed by atoms with Crippen molar-refractivity contribution in [2.24, 2.45) is 0 Å². The van der Waals surface area contributed by atoms with Crippen LogP contribution in [0.3, 0.4) is 0 Å². The van der Waals surface area contributed by atoms with Crippen molar-refractivity contribution in [1.82, 2.24) is 4.98 Å². The number of aromatic nitrogens is 1. The average Bonchev–Trinajstić information content (AvgIpc) is 2.95. The summed E-state index contributed by atoms with van der Waals surface area (Å²) in [5.41, 5.74) is 0.939. The first-order valence-electron chi connectivity index (χ1n) is 7.36. The van der Waals surface area contributed by atoms with Crippen molar-refractivity contribution in [2.75, 3.05) is 7.11 Å². The van der Waals surface area contributed by atoms with Crippen molar-refractivity contribution in [3.05, 3.63) is 59.1 Å². The smallest absolute Gasteiger partial charge is 0.279 e. The number of carbonyl (C=O) groups excluding carboxylic acids is 1. The highest BCUT2D eigenvalue weighted by molar-refractivity contribution is 7.86. The zero-order valence-corrected chi connectivity index (χ0v) is 14.9. The second-order valence-electron chi connectivity index (χ2n) is 5.39. The summed E-state index contributed by atoms with van der Waals surface area (Å²) in [5, 5.41) is -1.13. The van der Waals surface area contributed by atoms with E-state index in [4.69, 9.17) is 4.74 Å². The maximum Gasteiger partial charge on any atom is 0.279 e. The number of nitrogens with zero attached hydrogens (tertiary/aromatic N) is 1. The fourth-order valence-electron chi connectivity index (χ4n) is 2.55. The van der Waals surface area contributed by atoms with Crippen LogP contribution in [0.2, 0.25) is 0 Å². The second-order valence-corrected chi connectivity index (χ2v) is 8.01. The standard InChI is InChI=1S/C17H15NO5S2/c1-23-12-7-8-13-15(9-12)24-16(18-13)10-14(19)17(25(20,21)22)11-5-3-2-4-6-11/h2-9,17H,10H2,1H3,(H,20,21,22). The Balaban J connectivity index is 1.91. The molecule has 130 valence electrons. The summed E-state index contributed by atoms with van der Waals surface area (Å²) in [6.07, 6.45) is -0.180. The molecular formula is C17H15NO5S2. The molecule has 3 rings (SSSR count). The Morgan fingerprint density at radius 1 is 1.24 bits per heavy atom. The molecule has 8 heteroatoms. The largest absolute Gasteiger partial charge is 0.497 e. The number of carbonyl (C=O) groups is 1. The fourth-order valence-corrected chi connectivity index (χ4v) is 4.47. The lowest BCUT2D eigenvalue weighted by Crippen LogP contribution is -2.23. The molecule has 0 spiro atoms. The Hall–Kier alpha value is -2.29. The maximum atomic E-state index is 12.6. The molecule has 0 saturated carbocycles. The van der Waals surface area contributed by atoms with Crippen LogP contribution in [0.15, 0.2) is 48.5 Å². The van der Waals surface area contributed by atoms with Crippen LogP contribution >= 0.6 is 11.3 Å². The summed E-state index contributed by atoms with van der Waals surface area (Å²) >= 11 is 1.29. The van der Waals surface area contributed by atoms with Gasteiger partial charge in [-0.15, -0.1) is 11.3 Å². The van der Waals surface area contributed by atoms with E-state index in [-0.39, 0.29) is 12.0 Å². The van der Waals surface area contributed by atoms with Crippen molar-refractivity contribution in [3.8, 4) is 5.75 Å². The SMILES string of the molecule is COc1ccc2nc(CC(=O)C(c3ccccc3)S(=O)(=O)O)sc2c1. The van der Waals surface area contributed by atoms with Gasteiger partial charge in [-0.2, -0.15) is 8.42 Å². The number of rotatable bonds is 6. The van der Waals surface area contributed by atoms with Crippen molar-refractivity contribution >= 4 is 37.5 Å². The van der Waals surface area contributed by atoms with Gasteiger partial charge in [0.1, 0.15) is 10.8 Å². The van der Waals surface area contributed by atoms with Crippen LogP contribution in [0.1, 0.15) is 15.8 Å². The molecule has 0 aliphatic rings. The van der Waals surface area contributed by atoms with Gasteiger partial charge in [-0.3, -0.25) is 9.35 Å². The first-order chi connectivity index (χ1) is 11.9. The molecule has 1 unspecified atom stereocenters. The number of hydrogen-bond donors (Lipinski definition) is 1. The summed E-state index contributed by atoms with van der Waals surface area (Å²) in [5.74, 6) is 0.0499. The molecule has 1 heterocycles. The lowest BCUT2D eigenvalue weighted by atomic mass is 10.1. The van der Waals surface area contributed by atoms with Gasteiger partial charge in [-0.05, 0) is 23.8 Å². The summed E-state index contributed by atoms with van der Waals surface area (Å²) in [6, 6.07) is 13.3. The van der Waals surface area contributed by atoms with Gasteiger partial charge in [-0.25, -0.2) is 4.98 Å². The number of thiazole rings is 1. The molecule has 1 N–H and O–H groups in total. The molecule has 0 saturated heterocycles. The number of Topliss-reactive ketones (excluding diaryl/α,β-unsaturated/α-hetero) is 1. The van der Waals surface area contributed by atoms with Crippen molar-refractivity contribution in [3.63, 3.8) is 0 Å². The van der Waals surface area contributed by atoms with Crippen LogP contribution in [-0.2, 0) is 21.3 Å². The quantitative estimate of drug-likeness (QED) is 0.664. The molecule has 0 aliphatic carbocycles. The highest BCUT2D eigenvalue weighted by atomic mass is 32.2. The van der Waals surface area contributed by atoms with Crippen molar-refractivity contribution in [2.45, 2.75) is 11.7 Å². The van der Waals surface area contributed by atoms with E-state index in [1.807, 2.05) is 0 Å². The molecule has 1 aromatic heterocycles. The van der Waals surface area contributed by atoms with Gasteiger partial charge in [0.25, 0.3) is 10.1 Å². The van der Waals surface area contributed by atoms with Crippen LogP contribution in [0.5, 0.6) is 5.75 Å². The summed E-state index contributed by atoms with van der Waals surface area (Å²) in [6.45, 7) is 0. The lowest BCUT2D eigenvalue weighted by Gasteiger charge is -2.12. The maximum absolute atomic E-state index is 12.6. The van der Waals surface area contributed by atoms with Crippen LogP contribution in [0.4, 0.5) is 0 Å². The molecule has 1 atom stereocenters. The summed E-state index contributed by atoms with van der Waals surface area (Å²) in [7, 11) is -3.01. The van der Waals surface area contributed by atoms with Gasteiger partial charge < -0.3 is 4.74 Å². The summed E-state index contributed by atoms with van der Waals surface area (Å²) in [4.78, 5) is 16.9. The first-order valence-corrected chi connectivity index (χ1v) is 9.68. The third-order valence-electron chi connectivity index (χ3n) is 3.66. The highest BCUT2D eigenvalue weighted by Gasteiger charge is 2.33. The van der Waals surface area contributed by atoms with Gasteiger partial charge in [0.15, 0.2) is 11.0 Å². The van der Waals surface area contributed by atoms with E-state index in [1.54, 1.807) is 43.5 Å². The third kappa shape index (κ3) is 3.87. The van der Waals surface area contributed by atoms with Crippen LogP contribution in [0.25, 0.3) is 10.2 Å². The molecule has 6 nitrogen and oxygen atoms in total. The zero-order chi connectivity index (χ0) is 18.0. The Bertz CT molecular complexity index is 1010. The Labute approximate surface area is 148 Å². The molecule has 2 aromatic carbocycles. The zero-order valence-electron chi connectivity index (χ0n) is 13.2. The predicted octanol–water partition coefficient (Wildman–Crippen LogP) is 3.05. The minimum absolute atomic E-state index is 0.180. The van der Waals surface area contributed by atoms with E-state index in [2.05, 4.69) is 4.98 Å². The van der Waals surface area contributed by atoms with Crippen molar-refractivity contribution in [1.29, 1.82) is 0 Å². The number of methoxy groups -OCH3 is 1. The highest BCUT2D eigenvalue weighted by Crippen LogP contribution is 2.29. The topological polar surface area (TPSA) is 93.6 Å². The fraction of sp³-hybridized carbons (Fsp3) is 0.176. The number of benzene rings is 2. The van der Waals surface area contributed by atoms with Crippen LogP contribution in [0, 0.1) is 0 Å². The van der Waals surface area contributed by atoms with E-state index in [0.717, 1.165) is 4.70 Å². The third-order valence-corrected chi connectivity index (χ3v) is 5.81. The molecule has 0 bridgehead atoms. The van der Waals surface area contributed by atoms with Crippen LogP contribution < -0.4 is 4.74 Å². The average molecular weight is 377 g/mol. The molecule has 0 fully saturated rings. The molecule has 0 amide bonds. The molecular weight excluding hydrogens is 362 g/mol. The molecule has 0 aliphatic heterocycles. The minimum atomic E-state index is -4.57. The van der Waals surface area contributed by atoms with Gasteiger partial charge in [0, 0.05) is 0 Å². The number of fused-ring (bicyclic) bond motifs is 1. The Kier molecular flexibility index (Phi) is 4.85. The first kappa shape index (κ1) is 17.5. The van der Waals surface area contributed by atoms with Gasteiger partial charge in [0.05, 0.1) is 23.7 Å².